The summed E-state index contributed by atoms with van der Waals surface area (Å²) in [4.78, 5) is 28.9. The smallest absolute Gasteiger partial charge is 0.268 e. The third-order valence-corrected chi connectivity index (χ3v) is 5.34. The zero-order chi connectivity index (χ0) is 19.7. The van der Waals surface area contributed by atoms with Crippen LogP contribution in [-0.2, 0) is 9.59 Å². The molecular weight excluding hydrogens is 360 g/mol. The molecule has 1 saturated heterocycles. The molecule has 0 spiro atoms. The minimum absolute atomic E-state index is 0.0218. The number of aliphatic hydroxyl groups is 1. The van der Waals surface area contributed by atoms with Crippen molar-refractivity contribution >= 4 is 17.5 Å². The number of hydrogen-bond donors (Lipinski definition) is 1. The fourth-order valence-corrected chi connectivity index (χ4v) is 3.75. The molecule has 1 aromatic carbocycles. The number of carbonyl (C=O) groups excluding carboxylic acids is 2. The number of nitrogens with zero attached hydrogens (tertiary/aromatic N) is 2. The predicted molar refractivity (Wildman–Crippen MR) is 102 cm³/mol. The molecule has 148 valence electrons. The Labute approximate surface area is 163 Å². The lowest BCUT2D eigenvalue weighted by molar-refractivity contribution is -0.132. The van der Waals surface area contributed by atoms with Gasteiger partial charge in [0.25, 0.3) is 5.91 Å². The molecule has 7 heteroatoms. The van der Waals surface area contributed by atoms with Crippen molar-refractivity contribution in [2.75, 3.05) is 24.5 Å². The van der Waals surface area contributed by atoms with Gasteiger partial charge in [-0.2, -0.15) is 0 Å². The summed E-state index contributed by atoms with van der Waals surface area (Å²) in [5.41, 5.74) is 1.07. The number of furan rings is 1. The molecule has 4 rings (SSSR count). The SMILES string of the molecule is CC[C@H]1Oc2ccc([C@@H](O)c3ccco3)cc2N(CC(=O)N2CCCC2)C1=O. The maximum absolute atomic E-state index is 12.9. The summed E-state index contributed by atoms with van der Waals surface area (Å²) in [7, 11) is 0. The molecule has 3 heterocycles. The number of hydrogen-bond acceptors (Lipinski definition) is 5. The lowest BCUT2D eigenvalue weighted by atomic mass is 10.0. The van der Waals surface area contributed by atoms with Crippen molar-refractivity contribution in [2.45, 2.75) is 38.4 Å². The van der Waals surface area contributed by atoms with E-state index in [1.165, 1.54) is 11.2 Å². The molecule has 2 atom stereocenters. The molecule has 1 fully saturated rings. The molecule has 0 saturated carbocycles. The first-order valence-corrected chi connectivity index (χ1v) is 9.69. The van der Waals surface area contributed by atoms with E-state index in [-0.39, 0.29) is 18.4 Å². The number of anilines is 1. The van der Waals surface area contributed by atoms with Crippen molar-refractivity contribution in [2.24, 2.45) is 0 Å². The van der Waals surface area contributed by atoms with Crippen LogP contribution in [0.5, 0.6) is 5.75 Å². The van der Waals surface area contributed by atoms with Gasteiger partial charge in [0.05, 0.1) is 12.0 Å². The van der Waals surface area contributed by atoms with Crippen LogP contribution in [0.2, 0.25) is 0 Å². The number of aliphatic hydroxyl groups excluding tert-OH is 1. The van der Waals surface area contributed by atoms with Crippen LogP contribution in [0.15, 0.2) is 41.0 Å². The molecule has 0 radical (unpaired) electrons. The second kappa shape index (κ2) is 7.67. The number of amides is 2. The quantitative estimate of drug-likeness (QED) is 0.856. The topological polar surface area (TPSA) is 83.2 Å². The summed E-state index contributed by atoms with van der Waals surface area (Å²) < 4.78 is 11.1. The normalized spacial score (nSPS) is 20.1. The summed E-state index contributed by atoms with van der Waals surface area (Å²) in [6.45, 7) is 3.33. The Hall–Kier alpha value is -2.80. The van der Waals surface area contributed by atoms with Crippen molar-refractivity contribution in [1.29, 1.82) is 0 Å². The van der Waals surface area contributed by atoms with Crippen LogP contribution in [0.3, 0.4) is 0 Å². The molecule has 0 bridgehead atoms. The molecule has 1 N–H and O–H groups in total. The number of ether oxygens (including phenoxy) is 1. The number of fused-ring (bicyclic) bond motifs is 1. The highest BCUT2D eigenvalue weighted by Gasteiger charge is 2.36. The van der Waals surface area contributed by atoms with Crippen LogP contribution in [0.4, 0.5) is 5.69 Å². The van der Waals surface area contributed by atoms with Gasteiger partial charge < -0.3 is 19.2 Å². The van der Waals surface area contributed by atoms with Gasteiger partial charge in [-0.1, -0.05) is 13.0 Å². The summed E-state index contributed by atoms with van der Waals surface area (Å²) in [6.07, 6.45) is 2.43. The number of carbonyl (C=O) groups is 2. The van der Waals surface area contributed by atoms with Crippen molar-refractivity contribution in [3.8, 4) is 5.75 Å². The highest BCUT2D eigenvalue weighted by atomic mass is 16.5. The Morgan fingerprint density at radius 3 is 2.75 bits per heavy atom. The van der Waals surface area contributed by atoms with Crippen molar-refractivity contribution in [3.63, 3.8) is 0 Å². The maximum Gasteiger partial charge on any atom is 0.268 e. The van der Waals surface area contributed by atoms with E-state index >= 15 is 0 Å². The largest absolute Gasteiger partial charge is 0.478 e. The molecule has 2 aliphatic heterocycles. The van der Waals surface area contributed by atoms with Crippen LogP contribution >= 0.6 is 0 Å². The highest BCUT2D eigenvalue weighted by Crippen LogP contribution is 2.38. The zero-order valence-electron chi connectivity index (χ0n) is 15.8. The van der Waals surface area contributed by atoms with E-state index in [0.29, 0.717) is 29.2 Å². The summed E-state index contributed by atoms with van der Waals surface area (Å²) >= 11 is 0. The Balaban J connectivity index is 1.66. The summed E-state index contributed by atoms with van der Waals surface area (Å²) in [6, 6.07) is 8.57. The standard InChI is InChI=1S/C21H24N2O5/c1-2-16-21(26)23(13-19(24)22-9-3-4-10-22)15-12-14(7-8-17(15)28-16)20(25)18-6-5-11-27-18/h5-8,11-12,16,20,25H,2-4,9-10,13H2,1H3/t16-,20-/m1/s1. The first-order valence-electron chi connectivity index (χ1n) is 9.69. The Morgan fingerprint density at radius 1 is 1.29 bits per heavy atom. The molecule has 2 amide bonds. The van der Waals surface area contributed by atoms with Crippen molar-refractivity contribution in [1.82, 2.24) is 4.90 Å². The third-order valence-electron chi connectivity index (χ3n) is 5.34. The molecule has 28 heavy (non-hydrogen) atoms. The second-order valence-corrected chi connectivity index (χ2v) is 7.17. The van der Waals surface area contributed by atoms with Gasteiger partial charge >= 0.3 is 0 Å². The first kappa shape index (κ1) is 18.6. The lowest BCUT2D eigenvalue weighted by Gasteiger charge is -2.35. The Kier molecular flexibility index (Phi) is 5.09. The van der Waals surface area contributed by atoms with Gasteiger partial charge in [0, 0.05) is 13.1 Å². The average Bonchev–Trinajstić information content (AvgIpc) is 3.43. The summed E-state index contributed by atoms with van der Waals surface area (Å²) in [5.74, 6) is 0.655. The van der Waals surface area contributed by atoms with E-state index in [9.17, 15) is 14.7 Å². The van der Waals surface area contributed by atoms with E-state index in [1.54, 1.807) is 35.2 Å². The molecule has 1 aromatic heterocycles. The predicted octanol–water partition coefficient (Wildman–Crippen LogP) is 2.49. The number of rotatable bonds is 5. The van der Waals surface area contributed by atoms with Crippen LogP contribution in [0.1, 0.15) is 43.6 Å². The molecular formula is C21H24N2O5. The van der Waals surface area contributed by atoms with Gasteiger partial charge in [-0.3, -0.25) is 14.5 Å². The van der Waals surface area contributed by atoms with E-state index in [1.807, 2.05) is 6.92 Å². The van der Waals surface area contributed by atoms with Crippen LogP contribution in [-0.4, -0.2) is 47.6 Å². The highest BCUT2D eigenvalue weighted by molar-refractivity contribution is 6.04. The van der Waals surface area contributed by atoms with E-state index in [4.69, 9.17) is 9.15 Å². The molecule has 0 unspecified atom stereocenters. The van der Waals surface area contributed by atoms with Crippen LogP contribution < -0.4 is 9.64 Å². The van der Waals surface area contributed by atoms with Crippen LogP contribution in [0, 0.1) is 0 Å². The van der Waals surface area contributed by atoms with E-state index in [2.05, 4.69) is 0 Å². The minimum Gasteiger partial charge on any atom is -0.478 e. The third kappa shape index (κ3) is 3.38. The Morgan fingerprint density at radius 2 is 2.07 bits per heavy atom. The average molecular weight is 384 g/mol. The fourth-order valence-electron chi connectivity index (χ4n) is 3.75. The van der Waals surface area contributed by atoms with Gasteiger partial charge in [-0.25, -0.2) is 0 Å². The van der Waals surface area contributed by atoms with Gasteiger partial charge in [0.2, 0.25) is 5.91 Å². The lowest BCUT2D eigenvalue weighted by Crippen LogP contribution is -2.50. The maximum atomic E-state index is 12.9. The van der Waals surface area contributed by atoms with E-state index in [0.717, 1.165) is 25.9 Å². The van der Waals surface area contributed by atoms with Crippen molar-refractivity contribution < 1.29 is 23.8 Å². The van der Waals surface area contributed by atoms with Gasteiger partial charge in [0.15, 0.2) is 6.10 Å². The zero-order valence-corrected chi connectivity index (χ0v) is 15.8. The van der Waals surface area contributed by atoms with Crippen LogP contribution in [0.25, 0.3) is 0 Å². The molecule has 7 nitrogen and oxygen atoms in total. The molecule has 2 aromatic rings. The van der Waals surface area contributed by atoms with Gasteiger partial charge in [0.1, 0.15) is 24.2 Å². The molecule has 2 aliphatic rings. The molecule has 0 aliphatic carbocycles. The summed E-state index contributed by atoms with van der Waals surface area (Å²) in [5, 5.41) is 10.6. The minimum atomic E-state index is -0.963. The Bertz CT molecular complexity index is 858. The fraction of sp³-hybridized carbons (Fsp3) is 0.429. The number of likely N-dealkylation sites (tertiary alicyclic amines) is 1. The van der Waals surface area contributed by atoms with E-state index < -0.39 is 12.2 Å². The first-order chi connectivity index (χ1) is 13.6. The number of benzene rings is 1. The monoisotopic (exact) mass is 384 g/mol. The van der Waals surface area contributed by atoms with Gasteiger partial charge in [-0.05, 0) is 49.1 Å². The van der Waals surface area contributed by atoms with Crippen molar-refractivity contribution in [3.05, 3.63) is 47.9 Å². The second-order valence-electron chi connectivity index (χ2n) is 7.17. The van der Waals surface area contributed by atoms with Gasteiger partial charge in [-0.15, -0.1) is 0 Å².